The number of aromatic carboxylic acids is 1. The highest BCUT2D eigenvalue weighted by Gasteiger charge is 2.09. The zero-order chi connectivity index (χ0) is 12.3. The molecule has 5 nitrogen and oxygen atoms in total. The van der Waals surface area contributed by atoms with Gasteiger partial charge in [0.15, 0.2) is 5.58 Å². The molecular weight excluding hydrogens is 240 g/mol. The van der Waals surface area contributed by atoms with E-state index < -0.39 is 5.97 Å². The fourth-order valence-corrected chi connectivity index (χ4v) is 1.70. The van der Waals surface area contributed by atoms with Crippen LogP contribution in [-0.4, -0.2) is 34.6 Å². The van der Waals surface area contributed by atoms with Gasteiger partial charge >= 0.3 is 5.97 Å². The second-order valence-electron chi connectivity index (χ2n) is 3.43. The molecule has 0 atom stereocenters. The van der Waals surface area contributed by atoms with Crippen LogP contribution in [0.3, 0.4) is 0 Å². The van der Waals surface area contributed by atoms with Crippen molar-refractivity contribution in [3.63, 3.8) is 0 Å². The van der Waals surface area contributed by atoms with Crippen molar-refractivity contribution in [2.24, 2.45) is 0 Å². The van der Waals surface area contributed by atoms with Crippen LogP contribution < -0.4 is 5.32 Å². The smallest absolute Gasteiger partial charge is 0.335 e. The summed E-state index contributed by atoms with van der Waals surface area (Å²) >= 11 is 1.72. The van der Waals surface area contributed by atoms with E-state index in [-0.39, 0.29) is 5.56 Å². The van der Waals surface area contributed by atoms with Crippen LogP contribution in [0.25, 0.3) is 11.1 Å². The first-order chi connectivity index (χ1) is 8.20. The van der Waals surface area contributed by atoms with Crippen LogP contribution in [0.5, 0.6) is 0 Å². The molecule has 0 aliphatic heterocycles. The third-order valence-electron chi connectivity index (χ3n) is 2.22. The minimum Gasteiger partial charge on any atom is -0.478 e. The van der Waals surface area contributed by atoms with Crippen LogP contribution in [0.2, 0.25) is 0 Å². The van der Waals surface area contributed by atoms with Crippen molar-refractivity contribution >= 4 is 34.8 Å². The van der Waals surface area contributed by atoms with Gasteiger partial charge in [0, 0.05) is 12.3 Å². The average molecular weight is 252 g/mol. The Morgan fingerprint density at radius 1 is 1.59 bits per heavy atom. The highest BCUT2D eigenvalue weighted by atomic mass is 32.2. The molecule has 0 amide bonds. The van der Waals surface area contributed by atoms with Crippen LogP contribution in [0, 0.1) is 0 Å². The maximum atomic E-state index is 10.8. The van der Waals surface area contributed by atoms with Crippen LogP contribution in [0.15, 0.2) is 22.6 Å². The van der Waals surface area contributed by atoms with Gasteiger partial charge in [0.05, 0.1) is 5.56 Å². The lowest BCUT2D eigenvalue weighted by Gasteiger charge is -1.97. The molecule has 0 saturated carbocycles. The van der Waals surface area contributed by atoms with E-state index in [9.17, 15) is 4.79 Å². The van der Waals surface area contributed by atoms with E-state index in [4.69, 9.17) is 9.52 Å². The molecule has 0 radical (unpaired) electrons. The molecule has 1 aromatic heterocycles. The van der Waals surface area contributed by atoms with E-state index in [0.717, 1.165) is 12.3 Å². The summed E-state index contributed by atoms with van der Waals surface area (Å²) in [4.78, 5) is 15.0. The number of benzene rings is 1. The Hall–Kier alpha value is -1.69. The molecule has 0 fully saturated rings. The number of carbonyl (C=O) groups is 1. The molecule has 90 valence electrons. The first-order valence-electron chi connectivity index (χ1n) is 5.07. The van der Waals surface area contributed by atoms with Gasteiger partial charge in [-0.25, -0.2) is 4.79 Å². The Bertz CT molecular complexity index is 538. The van der Waals surface area contributed by atoms with Gasteiger partial charge in [0.2, 0.25) is 0 Å². The predicted octanol–water partition coefficient (Wildman–Crippen LogP) is 2.30. The molecule has 0 aliphatic carbocycles. The monoisotopic (exact) mass is 252 g/mol. The lowest BCUT2D eigenvalue weighted by Crippen LogP contribution is -2.03. The Morgan fingerprint density at radius 3 is 3.12 bits per heavy atom. The molecule has 0 bridgehead atoms. The van der Waals surface area contributed by atoms with Crippen LogP contribution in [0.1, 0.15) is 10.4 Å². The van der Waals surface area contributed by atoms with E-state index in [2.05, 4.69) is 10.3 Å². The molecule has 0 aliphatic rings. The van der Waals surface area contributed by atoms with Gasteiger partial charge in [-0.1, -0.05) is 0 Å². The minimum absolute atomic E-state index is 0.198. The van der Waals surface area contributed by atoms with Crippen molar-refractivity contribution in [2.45, 2.75) is 0 Å². The average Bonchev–Trinajstić information content (AvgIpc) is 2.70. The van der Waals surface area contributed by atoms with E-state index in [1.165, 1.54) is 12.1 Å². The summed E-state index contributed by atoms with van der Waals surface area (Å²) in [7, 11) is 0. The zero-order valence-electron chi connectivity index (χ0n) is 9.27. The number of aromatic nitrogens is 1. The largest absolute Gasteiger partial charge is 0.478 e. The molecule has 0 unspecified atom stereocenters. The van der Waals surface area contributed by atoms with Crippen molar-refractivity contribution in [1.82, 2.24) is 4.98 Å². The summed E-state index contributed by atoms with van der Waals surface area (Å²) in [5.74, 6) is -0.0146. The fourth-order valence-electron chi connectivity index (χ4n) is 1.39. The molecule has 0 saturated heterocycles. The van der Waals surface area contributed by atoms with Crippen molar-refractivity contribution in [3.05, 3.63) is 23.8 Å². The molecule has 0 spiro atoms. The van der Waals surface area contributed by atoms with Crippen molar-refractivity contribution < 1.29 is 14.3 Å². The summed E-state index contributed by atoms with van der Waals surface area (Å²) < 4.78 is 5.41. The third-order valence-corrected chi connectivity index (χ3v) is 2.83. The molecular formula is C11H12N2O3S. The number of nitrogens with zero attached hydrogens (tertiary/aromatic N) is 1. The SMILES string of the molecule is CSCCNc1nc2ccc(C(=O)O)cc2o1. The topological polar surface area (TPSA) is 75.4 Å². The summed E-state index contributed by atoms with van der Waals surface area (Å²) in [5, 5.41) is 11.9. The maximum Gasteiger partial charge on any atom is 0.335 e. The second-order valence-corrected chi connectivity index (χ2v) is 4.41. The summed E-state index contributed by atoms with van der Waals surface area (Å²) in [6.07, 6.45) is 2.02. The molecule has 1 aromatic carbocycles. The van der Waals surface area contributed by atoms with E-state index in [0.29, 0.717) is 17.1 Å². The highest BCUT2D eigenvalue weighted by Crippen LogP contribution is 2.20. The quantitative estimate of drug-likeness (QED) is 0.795. The van der Waals surface area contributed by atoms with Crippen molar-refractivity contribution in [2.75, 3.05) is 23.9 Å². The second kappa shape index (κ2) is 5.09. The van der Waals surface area contributed by atoms with Gasteiger partial charge in [-0.3, -0.25) is 0 Å². The molecule has 17 heavy (non-hydrogen) atoms. The molecule has 6 heteroatoms. The third kappa shape index (κ3) is 2.71. The molecule has 1 heterocycles. The Labute approximate surface area is 102 Å². The standard InChI is InChI=1S/C11H12N2O3S/c1-17-5-4-12-11-13-8-3-2-7(10(14)15)6-9(8)16-11/h2-3,6H,4-5H2,1H3,(H,12,13)(H,14,15). The summed E-state index contributed by atoms with van der Waals surface area (Å²) in [6.45, 7) is 0.764. The van der Waals surface area contributed by atoms with Crippen LogP contribution in [-0.2, 0) is 0 Å². The van der Waals surface area contributed by atoms with Gasteiger partial charge in [-0.2, -0.15) is 16.7 Å². The highest BCUT2D eigenvalue weighted by molar-refractivity contribution is 7.98. The number of hydrogen-bond donors (Lipinski definition) is 2. The van der Waals surface area contributed by atoms with Crippen molar-refractivity contribution in [1.29, 1.82) is 0 Å². The summed E-state index contributed by atoms with van der Waals surface area (Å²) in [6, 6.07) is 5.06. The molecule has 2 N–H and O–H groups in total. The normalized spacial score (nSPS) is 10.6. The van der Waals surface area contributed by atoms with Crippen LogP contribution in [0.4, 0.5) is 6.01 Å². The van der Waals surface area contributed by atoms with Gasteiger partial charge in [-0.05, 0) is 24.5 Å². The summed E-state index contributed by atoms with van der Waals surface area (Å²) in [5.41, 5.74) is 1.34. The number of anilines is 1. The van der Waals surface area contributed by atoms with Gasteiger partial charge in [0.25, 0.3) is 6.01 Å². The lowest BCUT2D eigenvalue weighted by molar-refractivity contribution is 0.0697. The number of fused-ring (bicyclic) bond motifs is 1. The number of carboxylic acids is 1. The number of hydrogen-bond acceptors (Lipinski definition) is 5. The Kier molecular flexibility index (Phi) is 3.53. The Morgan fingerprint density at radius 2 is 2.41 bits per heavy atom. The number of thioether (sulfide) groups is 1. The molecule has 2 rings (SSSR count). The first kappa shape index (κ1) is 11.8. The zero-order valence-corrected chi connectivity index (χ0v) is 10.1. The number of oxazole rings is 1. The van der Waals surface area contributed by atoms with Crippen molar-refractivity contribution in [3.8, 4) is 0 Å². The van der Waals surface area contributed by atoms with E-state index in [1.54, 1.807) is 17.8 Å². The van der Waals surface area contributed by atoms with Gasteiger partial charge < -0.3 is 14.8 Å². The fraction of sp³-hybridized carbons (Fsp3) is 0.273. The maximum absolute atomic E-state index is 10.8. The number of carboxylic acid groups (broad SMARTS) is 1. The lowest BCUT2D eigenvalue weighted by atomic mass is 10.2. The van der Waals surface area contributed by atoms with Crippen LogP contribution >= 0.6 is 11.8 Å². The van der Waals surface area contributed by atoms with Gasteiger partial charge in [-0.15, -0.1) is 0 Å². The minimum atomic E-state index is -0.972. The van der Waals surface area contributed by atoms with Gasteiger partial charge in [0.1, 0.15) is 5.52 Å². The van der Waals surface area contributed by atoms with E-state index in [1.807, 2.05) is 6.26 Å². The predicted molar refractivity (Wildman–Crippen MR) is 67.8 cm³/mol. The van der Waals surface area contributed by atoms with E-state index >= 15 is 0 Å². The first-order valence-corrected chi connectivity index (χ1v) is 6.47. The number of rotatable bonds is 5. The Balaban J connectivity index is 2.21. The number of nitrogens with one attached hydrogen (secondary N) is 1. The molecule has 2 aromatic rings.